The lowest BCUT2D eigenvalue weighted by Crippen LogP contribution is -2.41. The summed E-state index contributed by atoms with van der Waals surface area (Å²) >= 11 is 0. The molecule has 4 rings (SSSR count). The fourth-order valence-electron chi connectivity index (χ4n) is 4.99. The van der Waals surface area contributed by atoms with Gasteiger partial charge in [0.15, 0.2) is 0 Å². The molecule has 0 aromatic heterocycles. The summed E-state index contributed by atoms with van der Waals surface area (Å²) in [6, 6.07) is 10.6. The van der Waals surface area contributed by atoms with Crippen LogP contribution in [0.4, 0.5) is 0 Å². The maximum absolute atomic E-state index is 12.6. The van der Waals surface area contributed by atoms with E-state index in [1.54, 1.807) is 4.90 Å². The van der Waals surface area contributed by atoms with Gasteiger partial charge < -0.3 is 4.90 Å². The van der Waals surface area contributed by atoms with Crippen molar-refractivity contribution in [3.8, 4) is 0 Å². The van der Waals surface area contributed by atoms with E-state index in [1.807, 2.05) is 0 Å². The Kier molecular flexibility index (Phi) is 5.39. The SMILES string of the molecule is O=C1[C@H]2CCCC[C@H]2C(=O)N1CC1CCN(CCc2ccccc2)CC1. The van der Waals surface area contributed by atoms with Crippen LogP contribution < -0.4 is 0 Å². The first-order valence-electron chi connectivity index (χ1n) is 10.3. The molecule has 26 heavy (non-hydrogen) atoms. The molecule has 1 saturated carbocycles. The maximum Gasteiger partial charge on any atom is 0.233 e. The van der Waals surface area contributed by atoms with Gasteiger partial charge in [-0.25, -0.2) is 0 Å². The predicted molar refractivity (Wildman–Crippen MR) is 101 cm³/mol. The highest BCUT2D eigenvalue weighted by atomic mass is 16.2. The summed E-state index contributed by atoms with van der Waals surface area (Å²) in [7, 11) is 0. The fraction of sp³-hybridized carbons (Fsp3) is 0.636. The lowest BCUT2D eigenvalue weighted by atomic mass is 9.81. The zero-order valence-electron chi connectivity index (χ0n) is 15.6. The molecule has 2 atom stereocenters. The molecule has 0 unspecified atom stereocenters. The second kappa shape index (κ2) is 7.91. The van der Waals surface area contributed by atoms with Crippen molar-refractivity contribution in [1.82, 2.24) is 9.80 Å². The first-order valence-corrected chi connectivity index (χ1v) is 10.3. The van der Waals surface area contributed by atoms with Gasteiger partial charge in [0.25, 0.3) is 0 Å². The smallest absolute Gasteiger partial charge is 0.233 e. The third-order valence-electron chi connectivity index (χ3n) is 6.64. The molecule has 1 aromatic rings. The van der Waals surface area contributed by atoms with Crippen molar-refractivity contribution >= 4 is 11.8 Å². The number of carbonyl (C=O) groups excluding carboxylic acids is 2. The van der Waals surface area contributed by atoms with Crippen LogP contribution in [-0.2, 0) is 16.0 Å². The van der Waals surface area contributed by atoms with E-state index >= 15 is 0 Å². The molecule has 2 amide bonds. The summed E-state index contributed by atoms with van der Waals surface area (Å²) in [5.74, 6) is 0.748. The number of fused-ring (bicyclic) bond motifs is 1. The summed E-state index contributed by atoms with van der Waals surface area (Å²) in [6.45, 7) is 3.93. The maximum atomic E-state index is 12.6. The molecule has 2 heterocycles. The van der Waals surface area contributed by atoms with E-state index < -0.39 is 0 Å². The molecule has 0 radical (unpaired) electrons. The lowest BCUT2D eigenvalue weighted by Gasteiger charge is -2.33. The number of likely N-dealkylation sites (tertiary alicyclic amines) is 2. The molecular formula is C22H30N2O2. The van der Waals surface area contributed by atoms with Gasteiger partial charge in [0.2, 0.25) is 11.8 Å². The summed E-state index contributed by atoms with van der Waals surface area (Å²) in [4.78, 5) is 29.4. The summed E-state index contributed by atoms with van der Waals surface area (Å²) in [5.41, 5.74) is 1.39. The molecule has 0 spiro atoms. The number of nitrogens with zero attached hydrogens (tertiary/aromatic N) is 2. The zero-order valence-corrected chi connectivity index (χ0v) is 15.6. The van der Waals surface area contributed by atoms with Crippen molar-refractivity contribution in [2.75, 3.05) is 26.2 Å². The zero-order chi connectivity index (χ0) is 17.9. The molecule has 4 nitrogen and oxygen atoms in total. The number of amides is 2. The Morgan fingerprint density at radius 2 is 1.46 bits per heavy atom. The van der Waals surface area contributed by atoms with Crippen LogP contribution in [0.1, 0.15) is 44.1 Å². The van der Waals surface area contributed by atoms with E-state index in [0.717, 1.165) is 64.6 Å². The summed E-state index contributed by atoms with van der Waals surface area (Å²) < 4.78 is 0. The molecule has 0 bridgehead atoms. The molecule has 1 aliphatic carbocycles. The predicted octanol–water partition coefficient (Wildman–Crippen LogP) is 3.12. The molecular weight excluding hydrogens is 324 g/mol. The Hall–Kier alpha value is -1.68. The molecule has 3 fully saturated rings. The van der Waals surface area contributed by atoms with Gasteiger partial charge in [0.1, 0.15) is 0 Å². The van der Waals surface area contributed by atoms with Gasteiger partial charge >= 0.3 is 0 Å². The van der Waals surface area contributed by atoms with Crippen LogP contribution in [-0.4, -0.2) is 47.8 Å². The normalized spacial score (nSPS) is 27.8. The first kappa shape index (κ1) is 17.7. The van der Waals surface area contributed by atoms with Crippen molar-refractivity contribution in [2.24, 2.45) is 17.8 Å². The van der Waals surface area contributed by atoms with E-state index in [-0.39, 0.29) is 23.7 Å². The number of hydrogen-bond donors (Lipinski definition) is 0. The Bertz CT molecular complexity index is 613. The van der Waals surface area contributed by atoms with Gasteiger partial charge in [-0.1, -0.05) is 43.2 Å². The largest absolute Gasteiger partial charge is 0.303 e. The fourth-order valence-corrected chi connectivity index (χ4v) is 4.99. The van der Waals surface area contributed by atoms with Crippen molar-refractivity contribution in [2.45, 2.75) is 44.9 Å². The first-order chi connectivity index (χ1) is 12.7. The van der Waals surface area contributed by atoms with E-state index in [0.29, 0.717) is 12.5 Å². The number of piperidine rings is 1. The second-order valence-electron chi connectivity index (χ2n) is 8.31. The van der Waals surface area contributed by atoms with Crippen LogP contribution >= 0.6 is 0 Å². The minimum absolute atomic E-state index is 0.00205. The molecule has 0 N–H and O–H groups in total. The van der Waals surface area contributed by atoms with Crippen LogP contribution in [0.25, 0.3) is 0 Å². The quantitative estimate of drug-likeness (QED) is 0.763. The highest BCUT2D eigenvalue weighted by Crippen LogP contribution is 2.38. The number of carbonyl (C=O) groups is 2. The minimum atomic E-state index is 0.00205. The van der Waals surface area contributed by atoms with Crippen LogP contribution in [0.3, 0.4) is 0 Å². The second-order valence-corrected chi connectivity index (χ2v) is 8.31. The minimum Gasteiger partial charge on any atom is -0.303 e. The molecule has 4 heteroatoms. The monoisotopic (exact) mass is 354 g/mol. The Morgan fingerprint density at radius 1 is 0.846 bits per heavy atom. The molecule has 3 aliphatic rings. The van der Waals surface area contributed by atoms with Crippen LogP contribution in [0.2, 0.25) is 0 Å². The van der Waals surface area contributed by atoms with Gasteiger partial charge in [-0.15, -0.1) is 0 Å². The number of imide groups is 1. The number of benzene rings is 1. The van der Waals surface area contributed by atoms with Gasteiger partial charge in [-0.3, -0.25) is 14.5 Å². The van der Waals surface area contributed by atoms with Crippen molar-refractivity contribution < 1.29 is 9.59 Å². The molecule has 140 valence electrons. The molecule has 2 saturated heterocycles. The standard InChI is InChI=1S/C22H30N2O2/c25-21-19-8-4-5-9-20(19)22(26)24(21)16-18-11-14-23(15-12-18)13-10-17-6-2-1-3-7-17/h1-3,6-7,18-20H,4-5,8-16H2/t19-,20+. The lowest BCUT2D eigenvalue weighted by molar-refractivity contribution is -0.140. The van der Waals surface area contributed by atoms with Crippen LogP contribution in [0.15, 0.2) is 30.3 Å². The van der Waals surface area contributed by atoms with Crippen molar-refractivity contribution in [1.29, 1.82) is 0 Å². The number of rotatable bonds is 5. The van der Waals surface area contributed by atoms with Crippen molar-refractivity contribution in [3.63, 3.8) is 0 Å². The van der Waals surface area contributed by atoms with E-state index in [2.05, 4.69) is 35.2 Å². The highest BCUT2D eigenvalue weighted by molar-refractivity contribution is 6.05. The van der Waals surface area contributed by atoms with Gasteiger partial charge in [-0.2, -0.15) is 0 Å². The van der Waals surface area contributed by atoms with Crippen LogP contribution in [0, 0.1) is 17.8 Å². The third-order valence-corrected chi connectivity index (χ3v) is 6.64. The third kappa shape index (κ3) is 3.71. The van der Waals surface area contributed by atoms with Gasteiger partial charge in [0, 0.05) is 13.1 Å². The van der Waals surface area contributed by atoms with E-state index in [4.69, 9.17) is 0 Å². The topological polar surface area (TPSA) is 40.6 Å². The summed E-state index contributed by atoms with van der Waals surface area (Å²) in [5, 5.41) is 0. The average molecular weight is 354 g/mol. The van der Waals surface area contributed by atoms with Gasteiger partial charge in [0.05, 0.1) is 11.8 Å². The summed E-state index contributed by atoms with van der Waals surface area (Å²) in [6.07, 6.45) is 7.34. The molecule has 1 aromatic carbocycles. The average Bonchev–Trinajstić information content (AvgIpc) is 2.93. The number of hydrogen-bond acceptors (Lipinski definition) is 3. The molecule has 2 aliphatic heterocycles. The van der Waals surface area contributed by atoms with E-state index in [9.17, 15) is 9.59 Å². The van der Waals surface area contributed by atoms with Gasteiger partial charge in [-0.05, 0) is 56.7 Å². The van der Waals surface area contributed by atoms with E-state index in [1.165, 1.54) is 5.56 Å². The van der Waals surface area contributed by atoms with Crippen LogP contribution in [0.5, 0.6) is 0 Å². The highest BCUT2D eigenvalue weighted by Gasteiger charge is 2.48. The van der Waals surface area contributed by atoms with Crippen molar-refractivity contribution in [3.05, 3.63) is 35.9 Å². The Labute approximate surface area is 156 Å². The Morgan fingerprint density at radius 3 is 2.08 bits per heavy atom. The Balaban J connectivity index is 1.25.